The third kappa shape index (κ3) is 7.25. The van der Waals surface area contributed by atoms with Gasteiger partial charge in [0.15, 0.2) is 10.8 Å². The van der Waals surface area contributed by atoms with Crippen LogP contribution in [0.5, 0.6) is 0 Å². The van der Waals surface area contributed by atoms with Gasteiger partial charge in [0.25, 0.3) is 11.8 Å². The zero-order valence-electron chi connectivity index (χ0n) is 19.1. The Labute approximate surface area is 229 Å². The molecular weight excluding hydrogens is 599 g/mol. The predicted molar refractivity (Wildman–Crippen MR) is 131 cm³/mol. The van der Waals surface area contributed by atoms with Crippen molar-refractivity contribution in [2.45, 2.75) is 12.4 Å². The van der Waals surface area contributed by atoms with Crippen LogP contribution in [-0.2, 0) is 12.4 Å². The lowest BCUT2D eigenvalue weighted by Gasteiger charge is -2.14. The van der Waals surface area contributed by atoms with Crippen molar-refractivity contribution in [2.75, 3.05) is 11.9 Å². The fourth-order valence-corrected chi connectivity index (χ4v) is 4.32. The number of alkyl halides is 6. The second-order valence-corrected chi connectivity index (χ2v) is 9.22. The van der Waals surface area contributed by atoms with Gasteiger partial charge in [0.2, 0.25) is 0 Å². The molecular formula is C22H13Cl2F6N5O3S. The first kappa shape index (κ1) is 29.9. The zero-order chi connectivity index (χ0) is 29.1. The molecule has 1 heterocycles. The molecule has 0 radical (unpaired) electrons. The van der Waals surface area contributed by atoms with Crippen LogP contribution in [0.2, 0.25) is 10.0 Å². The van der Waals surface area contributed by atoms with Gasteiger partial charge in [-0.25, -0.2) is 15.2 Å². The average Bonchev–Trinajstić information content (AvgIpc) is 3.29. The Bertz CT molecular complexity index is 1460. The van der Waals surface area contributed by atoms with E-state index in [0.717, 1.165) is 25.2 Å². The summed E-state index contributed by atoms with van der Waals surface area (Å²) in [5.41, 5.74) is -1.65. The van der Waals surface area contributed by atoms with E-state index in [1.54, 1.807) is 5.43 Å². The number of halogens is 8. The maximum absolute atomic E-state index is 13.6. The first-order chi connectivity index (χ1) is 18.1. The van der Waals surface area contributed by atoms with Gasteiger partial charge in [-0.2, -0.15) is 31.4 Å². The number of rotatable bonds is 5. The summed E-state index contributed by atoms with van der Waals surface area (Å²) in [5.74, 6) is -2.45. The van der Waals surface area contributed by atoms with Gasteiger partial charge in [-0.15, -0.1) is 0 Å². The Morgan fingerprint density at radius 1 is 1.00 bits per heavy atom. The van der Waals surface area contributed by atoms with Gasteiger partial charge >= 0.3 is 18.4 Å². The van der Waals surface area contributed by atoms with Crippen LogP contribution in [0.25, 0.3) is 0 Å². The first-order valence-corrected chi connectivity index (χ1v) is 11.8. The molecule has 0 aliphatic heterocycles. The summed E-state index contributed by atoms with van der Waals surface area (Å²) in [6.45, 7) is 0. The van der Waals surface area contributed by atoms with Crippen LogP contribution < -0.4 is 15.6 Å². The molecule has 3 rings (SSSR count). The monoisotopic (exact) mass is 611 g/mol. The van der Waals surface area contributed by atoms with E-state index in [4.69, 9.17) is 23.2 Å². The van der Waals surface area contributed by atoms with E-state index < -0.39 is 57.0 Å². The lowest BCUT2D eigenvalue weighted by Crippen LogP contribution is -2.41. The van der Waals surface area contributed by atoms with Crippen molar-refractivity contribution in [3.63, 3.8) is 0 Å². The average molecular weight is 612 g/mol. The fourth-order valence-electron chi connectivity index (χ4n) is 2.89. The van der Waals surface area contributed by atoms with Crippen molar-refractivity contribution in [3.8, 4) is 0 Å². The van der Waals surface area contributed by atoms with Crippen molar-refractivity contribution in [2.24, 2.45) is 5.10 Å². The lowest BCUT2D eigenvalue weighted by atomic mass is 10.1. The molecule has 0 aliphatic carbocycles. The van der Waals surface area contributed by atoms with Crippen molar-refractivity contribution in [1.82, 2.24) is 15.7 Å². The molecule has 206 valence electrons. The summed E-state index contributed by atoms with van der Waals surface area (Å²) in [6, 6.07) is 6.75. The predicted octanol–water partition coefficient (Wildman–Crippen LogP) is 6.24. The lowest BCUT2D eigenvalue weighted by molar-refractivity contribution is -0.141. The second-order valence-electron chi connectivity index (χ2n) is 7.40. The molecule has 0 bridgehead atoms. The first-order valence-electron chi connectivity index (χ1n) is 10.2. The van der Waals surface area contributed by atoms with Gasteiger partial charge in [0.05, 0.1) is 22.4 Å². The van der Waals surface area contributed by atoms with E-state index in [1.807, 2.05) is 5.32 Å². The molecule has 0 unspecified atom stereocenters. The third-order valence-electron chi connectivity index (χ3n) is 4.71. The van der Waals surface area contributed by atoms with Crippen LogP contribution in [0.15, 0.2) is 47.6 Å². The molecule has 39 heavy (non-hydrogen) atoms. The van der Waals surface area contributed by atoms with Gasteiger partial charge in [0, 0.05) is 17.6 Å². The van der Waals surface area contributed by atoms with Crippen LogP contribution in [0.4, 0.5) is 36.3 Å². The topological polar surface area (TPSA) is 104 Å². The van der Waals surface area contributed by atoms with E-state index in [9.17, 15) is 40.7 Å². The Hall–Kier alpha value is -3.69. The molecule has 2 aromatic carbocycles. The van der Waals surface area contributed by atoms with Crippen molar-refractivity contribution >= 4 is 63.7 Å². The highest BCUT2D eigenvalue weighted by molar-refractivity contribution is 7.17. The molecule has 0 fully saturated rings. The maximum Gasteiger partial charge on any atom is 0.435 e. The normalized spacial score (nSPS) is 11.9. The molecule has 0 spiro atoms. The SMILES string of the molecule is CN(C(=O)NC(=O)c1ccc(Cl)cc1Cl)c1nc(C(F)(F)F)c(C(=O)N/N=C/c2ccccc2C(F)(F)F)s1. The summed E-state index contributed by atoms with van der Waals surface area (Å²) >= 11 is 11.8. The molecule has 17 heteroatoms. The number of aromatic nitrogens is 1. The molecule has 2 N–H and O–H groups in total. The van der Waals surface area contributed by atoms with Gasteiger partial charge < -0.3 is 0 Å². The molecule has 0 saturated heterocycles. The fraction of sp³-hybridized carbons (Fsp3) is 0.136. The third-order valence-corrected chi connectivity index (χ3v) is 6.39. The Balaban J connectivity index is 1.81. The Morgan fingerprint density at radius 2 is 1.67 bits per heavy atom. The quantitative estimate of drug-likeness (QED) is 0.202. The minimum Gasteiger partial charge on any atom is -0.273 e. The number of anilines is 1. The number of carbonyl (C=O) groups is 3. The van der Waals surface area contributed by atoms with E-state index in [2.05, 4.69) is 10.1 Å². The summed E-state index contributed by atoms with van der Waals surface area (Å²) in [5, 5.41) is 4.71. The highest BCUT2D eigenvalue weighted by atomic mass is 35.5. The number of carbonyl (C=O) groups excluding carboxylic acids is 3. The van der Waals surface area contributed by atoms with Gasteiger partial charge in [-0.1, -0.05) is 52.7 Å². The number of imide groups is 1. The van der Waals surface area contributed by atoms with Crippen molar-refractivity contribution in [3.05, 3.63) is 79.8 Å². The van der Waals surface area contributed by atoms with Gasteiger partial charge in [0.1, 0.15) is 4.88 Å². The van der Waals surface area contributed by atoms with Crippen LogP contribution in [0.3, 0.4) is 0 Å². The highest BCUT2D eigenvalue weighted by Gasteiger charge is 2.40. The number of hydrogen-bond acceptors (Lipinski definition) is 6. The van der Waals surface area contributed by atoms with Crippen LogP contribution in [-0.4, -0.2) is 36.1 Å². The van der Waals surface area contributed by atoms with Gasteiger partial charge in [-0.05, 0) is 24.3 Å². The van der Waals surface area contributed by atoms with Crippen LogP contribution in [0, 0.1) is 0 Å². The summed E-state index contributed by atoms with van der Waals surface area (Å²) in [7, 11) is 0.985. The number of nitrogens with zero attached hydrogens (tertiary/aromatic N) is 3. The van der Waals surface area contributed by atoms with Crippen molar-refractivity contribution < 1.29 is 40.7 Å². The largest absolute Gasteiger partial charge is 0.435 e. The molecule has 0 aliphatic rings. The van der Waals surface area contributed by atoms with E-state index >= 15 is 0 Å². The Morgan fingerprint density at radius 3 is 2.28 bits per heavy atom. The Kier molecular flexibility index (Phi) is 8.87. The standard InChI is InChI=1S/C22H13Cl2F6N5O3S/c1-35(19(38)33-17(36)12-7-6-11(23)8-14(12)24)20-32-16(22(28,29)30)15(39-20)18(37)34-31-9-10-4-2-3-5-13(10)21(25,26)27/h2-9H,1H3,(H,34,37)(H,33,36,38)/b31-9+. The number of urea groups is 1. The molecule has 3 aromatic rings. The second kappa shape index (κ2) is 11.6. The maximum atomic E-state index is 13.6. The van der Waals surface area contributed by atoms with Crippen molar-refractivity contribution in [1.29, 1.82) is 0 Å². The molecule has 1 aromatic heterocycles. The van der Waals surface area contributed by atoms with Gasteiger partial charge in [-0.3, -0.25) is 19.8 Å². The number of thiazole rings is 1. The summed E-state index contributed by atoms with van der Waals surface area (Å²) < 4.78 is 80.0. The smallest absolute Gasteiger partial charge is 0.273 e. The minimum atomic E-state index is -5.15. The molecule has 4 amide bonds. The zero-order valence-corrected chi connectivity index (χ0v) is 21.4. The summed E-state index contributed by atoms with van der Waals surface area (Å²) in [6.07, 6.45) is -9.28. The van der Waals surface area contributed by atoms with Crippen LogP contribution >= 0.6 is 34.5 Å². The molecule has 0 saturated carbocycles. The van der Waals surface area contributed by atoms with E-state index in [1.165, 1.54) is 24.3 Å². The molecule has 8 nitrogen and oxygen atoms in total. The van der Waals surface area contributed by atoms with Crippen LogP contribution in [0.1, 0.15) is 36.9 Å². The number of hydrogen-bond donors (Lipinski definition) is 2. The summed E-state index contributed by atoms with van der Waals surface area (Å²) in [4.78, 5) is 40.1. The number of benzene rings is 2. The van der Waals surface area contributed by atoms with E-state index in [-0.39, 0.29) is 26.9 Å². The van der Waals surface area contributed by atoms with E-state index in [0.29, 0.717) is 11.1 Å². The number of nitrogens with one attached hydrogen (secondary N) is 2. The highest BCUT2D eigenvalue weighted by Crippen LogP contribution is 2.37. The number of hydrazone groups is 1. The number of amides is 4. The minimum absolute atomic E-state index is 0.0959. The molecule has 0 atom stereocenters.